The SMILES string of the molecule is CS(=O)(=O)Nc1ccc(Cl)cc1C(=O)N1CCCC[C@H]1c1cc2nc(N3CCC3)cc(N3C[C@H](O)[C@H](N=[N+]=[N-])C3)n2n1. The zero-order valence-electron chi connectivity index (χ0n) is 23.0. The number of amides is 1. The van der Waals surface area contributed by atoms with E-state index in [0.717, 1.165) is 44.4 Å². The maximum Gasteiger partial charge on any atom is 0.256 e. The lowest BCUT2D eigenvalue weighted by atomic mass is 9.98. The Morgan fingerprint density at radius 1 is 1.14 bits per heavy atom. The number of β-amino-alcohol motifs (C(OH)–C–C–N with tert-alkyl or cyclic N) is 1. The number of halogens is 1. The number of sulfonamides is 1. The van der Waals surface area contributed by atoms with Crippen molar-refractivity contribution in [2.45, 2.75) is 43.9 Å². The summed E-state index contributed by atoms with van der Waals surface area (Å²) in [6, 6.07) is 7.36. The first kappa shape index (κ1) is 28.3. The number of aliphatic hydroxyl groups is 1. The highest BCUT2D eigenvalue weighted by atomic mass is 35.5. The summed E-state index contributed by atoms with van der Waals surface area (Å²) in [7, 11) is -3.63. The first-order chi connectivity index (χ1) is 20.1. The van der Waals surface area contributed by atoms with Crippen molar-refractivity contribution in [1.29, 1.82) is 0 Å². The lowest BCUT2D eigenvalue weighted by molar-refractivity contribution is 0.0607. The molecule has 16 heteroatoms. The van der Waals surface area contributed by atoms with Crippen molar-refractivity contribution in [2.24, 2.45) is 5.11 Å². The van der Waals surface area contributed by atoms with Gasteiger partial charge < -0.3 is 19.8 Å². The Morgan fingerprint density at radius 3 is 2.67 bits per heavy atom. The van der Waals surface area contributed by atoms with E-state index in [-0.39, 0.29) is 29.7 Å². The number of aromatic nitrogens is 3. The molecule has 6 rings (SSSR count). The summed E-state index contributed by atoms with van der Waals surface area (Å²) < 4.78 is 28.2. The summed E-state index contributed by atoms with van der Waals surface area (Å²) in [6.45, 7) is 2.85. The molecule has 0 saturated carbocycles. The largest absolute Gasteiger partial charge is 0.391 e. The summed E-state index contributed by atoms with van der Waals surface area (Å²) in [5.74, 6) is 1.16. The second kappa shape index (κ2) is 11.1. The number of nitrogens with zero attached hydrogens (tertiary/aromatic N) is 9. The van der Waals surface area contributed by atoms with Gasteiger partial charge in [-0.1, -0.05) is 16.7 Å². The number of fused-ring (bicyclic) bond motifs is 1. The molecule has 1 aromatic carbocycles. The summed E-state index contributed by atoms with van der Waals surface area (Å²) in [4.78, 5) is 27.5. The van der Waals surface area contributed by atoms with E-state index in [0.29, 0.717) is 41.7 Å². The molecule has 3 aliphatic rings. The number of hydrogen-bond donors (Lipinski definition) is 2. The van der Waals surface area contributed by atoms with E-state index in [1.165, 1.54) is 18.2 Å². The lowest BCUT2D eigenvalue weighted by Gasteiger charge is -2.35. The predicted molar refractivity (Wildman–Crippen MR) is 159 cm³/mol. The average molecular weight is 615 g/mol. The summed E-state index contributed by atoms with van der Waals surface area (Å²) in [5, 5.41) is 19.5. The Morgan fingerprint density at radius 2 is 1.95 bits per heavy atom. The maximum atomic E-state index is 14.0. The van der Waals surface area contributed by atoms with Crippen molar-refractivity contribution in [1.82, 2.24) is 19.5 Å². The van der Waals surface area contributed by atoms with E-state index >= 15 is 0 Å². The topological polar surface area (TPSA) is 172 Å². The number of benzene rings is 1. The molecular weight excluding hydrogens is 584 g/mol. The Labute approximate surface area is 247 Å². The molecule has 0 spiro atoms. The number of carbonyl (C=O) groups is 1. The molecule has 3 aliphatic heterocycles. The molecule has 0 radical (unpaired) electrons. The summed E-state index contributed by atoms with van der Waals surface area (Å²) in [5.41, 5.74) is 10.5. The highest BCUT2D eigenvalue weighted by Crippen LogP contribution is 2.36. The van der Waals surface area contributed by atoms with Crippen molar-refractivity contribution in [3.8, 4) is 0 Å². The van der Waals surface area contributed by atoms with Crippen molar-refractivity contribution >= 4 is 50.5 Å². The van der Waals surface area contributed by atoms with Gasteiger partial charge in [-0.2, -0.15) is 9.61 Å². The molecular formula is C26H31ClN10O4S. The molecule has 3 fully saturated rings. The Balaban J connectivity index is 1.39. The van der Waals surface area contributed by atoms with E-state index in [9.17, 15) is 18.3 Å². The minimum atomic E-state index is -3.63. The van der Waals surface area contributed by atoms with E-state index in [2.05, 4.69) is 19.6 Å². The van der Waals surface area contributed by atoms with E-state index in [4.69, 9.17) is 27.2 Å². The monoisotopic (exact) mass is 614 g/mol. The zero-order valence-corrected chi connectivity index (χ0v) is 24.5. The smallest absolute Gasteiger partial charge is 0.256 e. The minimum Gasteiger partial charge on any atom is -0.391 e. The van der Waals surface area contributed by atoms with Gasteiger partial charge in [0.2, 0.25) is 10.0 Å². The van der Waals surface area contributed by atoms with Crippen LogP contribution in [0.15, 0.2) is 35.4 Å². The maximum absolute atomic E-state index is 14.0. The second-order valence-electron chi connectivity index (χ2n) is 11.0. The third kappa shape index (κ3) is 5.52. The van der Waals surface area contributed by atoms with Gasteiger partial charge in [0.1, 0.15) is 11.6 Å². The fourth-order valence-corrected chi connectivity index (χ4v) is 6.56. The van der Waals surface area contributed by atoms with Gasteiger partial charge >= 0.3 is 0 Å². The molecule has 5 heterocycles. The van der Waals surface area contributed by atoms with Gasteiger partial charge in [-0.15, -0.1) is 0 Å². The number of piperidine rings is 1. The number of likely N-dealkylation sites (tertiary alicyclic amines) is 1. The van der Waals surface area contributed by atoms with Gasteiger partial charge in [0.25, 0.3) is 5.91 Å². The number of carbonyl (C=O) groups excluding carboxylic acids is 1. The third-order valence-corrected chi connectivity index (χ3v) is 8.82. The second-order valence-corrected chi connectivity index (χ2v) is 13.2. The van der Waals surface area contributed by atoms with Gasteiger partial charge in [0, 0.05) is 54.8 Å². The van der Waals surface area contributed by atoms with Crippen LogP contribution in [0.3, 0.4) is 0 Å². The normalized spacial score (nSPS) is 22.6. The Hall–Kier alpha value is -3.78. The Bertz CT molecular complexity index is 1690. The van der Waals surface area contributed by atoms with Gasteiger partial charge in [-0.05, 0) is 49.4 Å². The average Bonchev–Trinajstić information content (AvgIpc) is 3.51. The molecule has 2 N–H and O–H groups in total. The molecule has 3 aromatic rings. The van der Waals surface area contributed by atoms with Crippen LogP contribution >= 0.6 is 11.6 Å². The van der Waals surface area contributed by atoms with Crippen LogP contribution in [0.1, 0.15) is 47.8 Å². The van der Waals surface area contributed by atoms with Crippen molar-refractivity contribution in [2.75, 3.05) is 53.5 Å². The third-order valence-electron chi connectivity index (χ3n) is 7.99. The quantitative estimate of drug-likeness (QED) is 0.232. The molecule has 42 heavy (non-hydrogen) atoms. The Kier molecular flexibility index (Phi) is 7.51. The molecule has 222 valence electrons. The molecule has 2 aromatic heterocycles. The molecule has 1 amide bonds. The van der Waals surface area contributed by atoms with E-state index < -0.39 is 22.2 Å². The molecule has 3 saturated heterocycles. The number of anilines is 3. The lowest BCUT2D eigenvalue weighted by Crippen LogP contribution is -2.39. The molecule has 14 nitrogen and oxygen atoms in total. The zero-order chi connectivity index (χ0) is 29.6. The number of aliphatic hydroxyl groups excluding tert-OH is 1. The van der Waals surface area contributed by atoms with Crippen LogP contribution in [0.4, 0.5) is 17.3 Å². The fourth-order valence-electron chi connectivity index (χ4n) is 5.81. The van der Waals surface area contributed by atoms with Crippen molar-refractivity contribution in [3.05, 3.63) is 57.1 Å². The van der Waals surface area contributed by atoms with E-state index in [1.807, 2.05) is 17.0 Å². The highest BCUT2D eigenvalue weighted by Gasteiger charge is 2.35. The highest BCUT2D eigenvalue weighted by molar-refractivity contribution is 7.92. The van der Waals surface area contributed by atoms with Gasteiger partial charge in [0.05, 0.1) is 41.4 Å². The van der Waals surface area contributed by atoms with E-state index in [1.54, 1.807) is 9.42 Å². The first-order valence-corrected chi connectivity index (χ1v) is 16.1. The van der Waals surface area contributed by atoms with Crippen LogP contribution in [0.25, 0.3) is 16.1 Å². The predicted octanol–water partition coefficient (Wildman–Crippen LogP) is 3.19. The number of azide groups is 1. The standard InChI is InChI=1S/C26H31ClN10O4S/c1-42(40,41)32-18-7-6-16(27)11-17(18)26(39)36-10-3-2-5-21(36)19-12-24-29-23(34-8-4-9-34)13-25(37(24)31-19)35-14-20(30-33-28)22(38)15-35/h6-7,11-13,20-22,32,38H,2-5,8-10,14-15H2,1H3/t20-,21+,22+/m1/s1. The van der Waals surface area contributed by atoms with Crippen LogP contribution in [0.2, 0.25) is 5.02 Å². The first-order valence-electron chi connectivity index (χ1n) is 13.8. The van der Waals surface area contributed by atoms with Crippen molar-refractivity contribution < 1.29 is 18.3 Å². The number of rotatable bonds is 7. The van der Waals surface area contributed by atoms with Crippen LogP contribution in [0, 0.1) is 0 Å². The van der Waals surface area contributed by atoms with Crippen LogP contribution in [-0.2, 0) is 10.0 Å². The number of hydrogen-bond acceptors (Lipinski definition) is 9. The molecule has 0 aliphatic carbocycles. The molecule has 0 bridgehead atoms. The van der Waals surface area contributed by atoms with Gasteiger partial charge in [0.15, 0.2) is 5.65 Å². The van der Waals surface area contributed by atoms with Gasteiger partial charge in [-0.25, -0.2) is 13.4 Å². The summed E-state index contributed by atoms with van der Waals surface area (Å²) in [6.07, 6.45) is 3.64. The van der Waals surface area contributed by atoms with Crippen LogP contribution in [0.5, 0.6) is 0 Å². The number of nitrogens with one attached hydrogen (secondary N) is 1. The van der Waals surface area contributed by atoms with Gasteiger partial charge in [-0.3, -0.25) is 9.52 Å². The van der Waals surface area contributed by atoms with Crippen molar-refractivity contribution in [3.63, 3.8) is 0 Å². The molecule has 0 unspecified atom stereocenters. The summed E-state index contributed by atoms with van der Waals surface area (Å²) >= 11 is 6.23. The molecule has 3 atom stereocenters. The van der Waals surface area contributed by atoms with Crippen LogP contribution < -0.4 is 14.5 Å². The van der Waals surface area contributed by atoms with Crippen LogP contribution in [-0.4, -0.2) is 90.1 Å². The fraction of sp³-hybridized carbons (Fsp3) is 0.500. The minimum absolute atomic E-state index is 0.163.